The molecule has 1 aromatic heterocycles. The Morgan fingerprint density at radius 3 is 2.27 bits per heavy atom. The standard InChI is InChI=1S/C10H14IN2OP/c1-13-10(11)9(6-12-13)15(14,7-2-3-7)8-4-5-8/h6-8H,2-5H2,1H3. The first-order valence-corrected chi connectivity index (χ1v) is 8.34. The van der Waals surface area contributed by atoms with Gasteiger partial charge in [-0.1, -0.05) is 0 Å². The zero-order valence-electron chi connectivity index (χ0n) is 8.69. The summed E-state index contributed by atoms with van der Waals surface area (Å²) in [4.78, 5) is 0. The average Bonchev–Trinajstić information content (AvgIpc) is 3.07. The Morgan fingerprint density at radius 2 is 1.93 bits per heavy atom. The van der Waals surface area contributed by atoms with Crippen LogP contribution in [0.25, 0.3) is 0 Å². The molecular weight excluding hydrogens is 322 g/mol. The molecule has 2 fully saturated rings. The summed E-state index contributed by atoms with van der Waals surface area (Å²) in [5.41, 5.74) is 0.977. The van der Waals surface area contributed by atoms with E-state index in [1.54, 1.807) is 0 Å². The van der Waals surface area contributed by atoms with Crippen molar-refractivity contribution in [3.05, 3.63) is 9.90 Å². The minimum Gasteiger partial charge on any atom is -0.318 e. The molecule has 0 N–H and O–H groups in total. The van der Waals surface area contributed by atoms with Gasteiger partial charge < -0.3 is 4.57 Å². The molecular formula is C10H14IN2OP. The van der Waals surface area contributed by atoms with Crippen LogP contribution >= 0.6 is 29.7 Å². The van der Waals surface area contributed by atoms with E-state index in [4.69, 9.17) is 0 Å². The van der Waals surface area contributed by atoms with Gasteiger partial charge in [-0.05, 0) is 48.3 Å². The summed E-state index contributed by atoms with van der Waals surface area (Å²) >= 11 is 2.28. The highest BCUT2D eigenvalue weighted by Gasteiger charge is 2.53. The number of nitrogens with zero attached hydrogens (tertiary/aromatic N) is 2. The van der Waals surface area contributed by atoms with Crippen LogP contribution in [0.5, 0.6) is 0 Å². The largest absolute Gasteiger partial charge is 0.318 e. The minimum absolute atomic E-state index is 0.489. The first kappa shape index (κ1) is 10.3. The molecule has 2 saturated carbocycles. The van der Waals surface area contributed by atoms with Crippen LogP contribution in [0.4, 0.5) is 0 Å². The second-order valence-electron chi connectivity index (χ2n) is 4.62. The highest BCUT2D eigenvalue weighted by Crippen LogP contribution is 2.69. The lowest BCUT2D eigenvalue weighted by molar-refractivity contribution is 0.579. The summed E-state index contributed by atoms with van der Waals surface area (Å²) in [5, 5.41) is 5.30. The van der Waals surface area contributed by atoms with Gasteiger partial charge in [0.05, 0.1) is 11.5 Å². The molecule has 1 heterocycles. The van der Waals surface area contributed by atoms with E-state index in [0.717, 1.165) is 9.01 Å². The molecule has 0 spiro atoms. The van der Waals surface area contributed by atoms with Gasteiger partial charge in [0.2, 0.25) is 0 Å². The third kappa shape index (κ3) is 1.52. The maximum Gasteiger partial charge on any atom is 0.125 e. The van der Waals surface area contributed by atoms with Crippen LogP contribution in [0.3, 0.4) is 0 Å². The monoisotopic (exact) mass is 336 g/mol. The average molecular weight is 336 g/mol. The maximum atomic E-state index is 13.1. The lowest BCUT2D eigenvalue weighted by Crippen LogP contribution is -2.14. The Labute approximate surface area is 103 Å². The molecule has 0 unspecified atom stereocenters. The highest BCUT2D eigenvalue weighted by atomic mass is 127. The number of hydrogen-bond acceptors (Lipinski definition) is 2. The number of aryl methyl sites for hydroxylation is 1. The van der Waals surface area contributed by atoms with Crippen LogP contribution in [-0.4, -0.2) is 21.1 Å². The summed E-state index contributed by atoms with van der Waals surface area (Å²) < 4.78 is 16.0. The summed E-state index contributed by atoms with van der Waals surface area (Å²) in [7, 11) is -0.175. The van der Waals surface area contributed by atoms with Gasteiger partial charge in [0.15, 0.2) is 0 Å². The molecule has 82 valence electrons. The molecule has 0 aromatic carbocycles. The highest BCUT2D eigenvalue weighted by molar-refractivity contribution is 14.1. The Kier molecular flexibility index (Phi) is 2.29. The van der Waals surface area contributed by atoms with Crippen LogP contribution in [0.2, 0.25) is 0 Å². The zero-order chi connectivity index (χ0) is 10.6. The van der Waals surface area contributed by atoms with Crippen molar-refractivity contribution in [3.8, 4) is 0 Å². The molecule has 2 aliphatic carbocycles. The van der Waals surface area contributed by atoms with Crippen LogP contribution in [0.1, 0.15) is 25.7 Å². The summed E-state index contributed by atoms with van der Waals surface area (Å²) in [6.07, 6.45) is 6.51. The summed E-state index contributed by atoms with van der Waals surface area (Å²) in [5.74, 6) is 0. The Balaban J connectivity index is 2.09. The molecule has 15 heavy (non-hydrogen) atoms. The van der Waals surface area contributed by atoms with Crippen molar-refractivity contribution >= 4 is 35.0 Å². The predicted octanol–water partition coefficient (Wildman–Crippen LogP) is 2.34. The Morgan fingerprint density at radius 1 is 1.40 bits per heavy atom. The fourth-order valence-corrected chi connectivity index (χ4v) is 7.53. The van der Waals surface area contributed by atoms with E-state index in [2.05, 4.69) is 27.7 Å². The predicted molar refractivity (Wildman–Crippen MR) is 69.2 cm³/mol. The Bertz CT molecular complexity index is 432. The lowest BCUT2D eigenvalue weighted by Gasteiger charge is -2.16. The third-order valence-electron chi connectivity index (χ3n) is 3.40. The van der Waals surface area contributed by atoms with Crippen LogP contribution < -0.4 is 5.30 Å². The van der Waals surface area contributed by atoms with E-state index < -0.39 is 7.14 Å². The second-order valence-corrected chi connectivity index (χ2v) is 9.00. The van der Waals surface area contributed by atoms with Crippen LogP contribution in [0.15, 0.2) is 6.20 Å². The molecule has 0 atom stereocenters. The quantitative estimate of drug-likeness (QED) is 0.627. The molecule has 2 aliphatic rings. The third-order valence-corrected chi connectivity index (χ3v) is 9.39. The van der Waals surface area contributed by atoms with Gasteiger partial charge in [-0.25, -0.2) is 0 Å². The Hall–Kier alpha value is 0.170. The number of halogens is 1. The van der Waals surface area contributed by atoms with E-state index in [-0.39, 0.29) is 0 Å². The van der Waals surface area contributed by atoms with E-state index in [9.17, 15) is 4.57 Å². The van der Waals surface area contributed by atoms with Gasteiger partial charge in [0, 0.05) is 18.4 Å². The SMILES string of the molecule is Cn1ncc(P(=O)(C2CC2)C2CC2)c1I. The van der Waals surface area contributed by atoms with E-state index in [1.165, 1.54) is 25.7 Å². The molecule has 5 heteroatoms. The molecule has 0 saturated heterocycles. The van der Waals surface area contributed by atoms with E-state index in [1.807, 2.05) is 17.9 Å². The zero-order valence-corrected chi connectivity index (χ0v) is 11.7. The van der Waals surface area contributed by atoms with Crippen LogP contribution in [-0.2, 0) is 11.6 Å². The molecule has 3 rings (SSSR count). The molecule has 1 aromatic rings. The van der Waals surface area contributed by atoms with Crippen molar-refractivity contribution in [1.82, 2.24) is 9.78 Å². The van der Waals surface area contributed by atoms with Gasteiger partial charge >= 0.3 is 0 Å². The van der Waals surface area contributed by atoms with Crippen LogP contribution in [0, 0.1) is 3.70 Å². The van der Waals surface area contributed by atoms with Gasteiger partial charge in [0.1, 0.15) is 10.8 Å². The first-order valence-electron chi connectivity index (χ1n) is 5.41. The topological polar surface area (TPSA) is 34.9 Å². The smallest absolute Gasteiger partial charge is 0.125 e. The fraction of sp³-hybridized carbons (Fsp3) is 0.700. The van der Waals surface area contributed by atoms with Crippen molar-refractivity contribution < 1.29 is 4.57 Å². The summed E-state index contributed by atoms with van der Waals surface area (Å²) in [6, 6.07) is 0. The van der Waals surface area contributed by atoms with E-state index in [0.29, 0.717) is 11.3 Å². The number of rotatable bonds is 3. The summed E-state index contributed by atoms with van der Waals surface area (Å²) in [6.45, 7) is 0. The van der Waals surface area contributed by atoms with Crippen molar-refractivity contribution in [2.24, 2.45) is 7.05 Å². The van der Waals surface area contributed by atoms with Crippen molar-refractivity contribution in [1.29, 1.82) is 0 Å². The van der Waals surface area contributed by atoms with Gasteiger partial charge in [0.25, 0.3) is 0 Å². The molecule has 0 amide bonds. The lowest BCUT2D eigenvalue weighted by atomic mass is 10.7. The normalized spacial score (nSPS) is 22.0. The van der Waals surface area contributed by atoms with Crippen molar-refractivity contribution in [2.45, 2.75) is 37.0 Å². The first-order chi connectivity index (χ1) is 7.14. The van der Waals surface area contributed by atoms with Crippen molar-refractivity contribution in [3.63, 3.8) is 0 Å². The maximum absolute atomic E-state index is 13.1. The molecule has 3 nitrogen and oxygen atoms in total. The fourth-order valence-electron chi connectivity index (χ4n) is 2.25. The molecule has 0 aliphatic heterocycles. The molecule has 0 radical (unpaired) electrons. The van der Waals surface area contributed by atoms with Gasteiger partial charge in [-0.3, -0.25) is 4.68 Å². The minimum atomic E-state index is -2.10. The molecule has 0 bridgehead atoms. The number of hydrogen-bond donors (Lipinski definition) is 0. The van der Waals surface area contributed by atoms with Gasteiger partial charge in [-0.15, -0.1) is 0 Å². The number of aromatic nitrogens is 2. The second kappa shape index (κ2) is 3.33. The van der Waals surface area contributed by atoms with E-state index >= 15 is 0 Å². The van der Waals surface area contributed by atoms with Crippen molar-refractivity contribution in [2.75, 3.05) is 0 Å². The van der Waals surface area contributed by atoms with Gasteiger partial charge in [-0.2, -0.15) is 5.10 Å².